The summed E-state index contributed by atoms with van der Waals surface area (Å²) in [4.78, 5) is 12.1. The van der Waals surface area contributed by atoms with Gasteiger partial charge in [-0.1, -0.05) is 5.16 Å². The van der Waals surface area contributed by atoms with Crippen molar-refractivity contribution in [1.29, 1.82) is 0 Å². The molecule has 1 aliphatic heterocycles. The van der Waals surface area contributed by atoms with Crippen molar-refractivity contribution in [3.63, 3.8) is 0 Å². The lowest BCUT2D eigenvalue weighted by atomic mass is 10.2. The van der Waals surface area contributed by atoms with Gasteiger partial charge in [0, 0.05) is 26.2 Å². The summed E-state index contributed by atoms with van der Waals surface area (Å²) >= 11 is 1.53. The van der Waals surface area contributed by atoms with Crippen molar-refractivity contribution in [3.05, 3.63) is 17.0 Å². The molecule has 0 amide bonds. The molecule has 2 aromatic rings. The molecule has 1 N–H and O–H groups in total. The van der Waals surface area contributed by atoms with Gasteiger partial charge in [-0.3, -0.25) is 4.90 Å². The Labute approximate surface area is 115 Å². The summed E-state index contributed by atoms with van der Waals surface area (Å²) in [5.41, 5.74) is 2.74. The number of hydrogen-bond acceptors (Lipinski definition) is 7. The molecular weight excluding hydrogens is 262 g/mol. The fraction of sp³-hybridized carbons (Fsp3) is 0.583. The second-order valence-electron chi connectivity index (χ2n) is 4.69. The molecule has 0 aliphatic carbocycles. The maximum atomic E-state index is 5.37. The van der Waals surface area contributed by atoms with Crippen molar-refractivity contribution < 1.29 is 4.52 Å². The van der Waals surface area contributed by atoms with Crippen LogP contribution in [0.15, 0.2) is 10.0 Å². The van der Waals surface area contributed by atoms with E-state index in [9.17, 15) is 0 Å². The number of aryl methyl sites for hydroxylation is 1. The van der Waals surface area contributed by atoms with Gasteiger partial charge >= 0.3 is 0 Å². The quantitative estimate of drug-likeness (QED) is 0.917. The zero-order valence-corrected chi connectivity index (χ0v) is 11.9. The molecule has 6 nitrogen and oxygen atoms in total. The predicted octanol–water partition coefficient (Wildman–Crippen LogP) is 1.47. The Kier molecular flexibility index (Phi) is 3.58. The van der Waals surface area contributed by atoms with E-state index in [0.29, 0.717) is 5.89 Å². The number of aromatic nitrogens is 3. The van der Waals surface area contributed by atoms with E-state index in [1.54, 1.807) is 5.51 Å². The Morgan fingerprint density at radius 3 is 2.89 bits per heavy atom. The van der Waals surface area contributed by atoms with Crippen LogP contribution in [0, 0.1) is 6.92 Å². The highest BCUT2D eigenvalue weighted by atomic mass is 32.1. The average Bonchev–Trinajstić information content (AvgIpc) is 3.07. The molecule has 1 atom stereocenters. The van der Waals surface area contributed by atoms with Crippen LogP contribution in [0.3, 0.4) is 0 Å². The van der Waals surface area contributed by atoms with E-state index in [2.05, 4.69) is 32.3 Å². The Balaban J connectivity index is 1.79. The molecule has 0 radical (unpaired) electrons. The van der Waals surface area contributed by atoms with E-state index in [-0.39, 0.29) is 6.04 Å². The van der Waals surface area contributed by atoms with Crippen molar-refractivity contribution in [3.8, 4) is 10.8 Å². The number of rotatable bonds is 3. The Morgan fingerprint density at radius 1 is 1.42 bits per heavy atom. The number of piperazine rings is 1. The average molecular weight is 279 g/mol. The summed E-state index contributed by atoms with van der Waals surface area (Å²) in [5, 5.41) is 7.46. The molecule has 0 spiro atoms. The smallest absolute Gasteiger partial charge is 0.269 e. The van der Waals surface area contributed by atoms with Gasteiger partial charge in [-0.05, 0) is 13.8 Å². The summed E-state index contributed by atoms with van der Waals surface area (Å²) in [5.74, 6) is 1.33. The van der Waals surface area contributed by atoms with E-state index < -0.39 is 0 Å². The van der Waals surface area contributed by atoms with E-state index in [4.69, 9.17) is 4.52 Å². The molecule has 1 aliphatic rings. The third-order valence-corrected chi connectivity index (χ3v) is 4.37. The Hall–Kier alpha value is -1.31. The van der Waals surface area contributed by atoms with Crippen molar-refractivity contribution in [1.82, 2.24) is 25.3 Å². The monoisotopic (exact) mass is 279 g/mol. The first-order valence-corrected chi connectivity index (χ1v) is 7.32. The minimum atomic E-state index is 0.188. The molecule has 0 bridgehead atoms. The minimum Gasteiger partial charge on any atom is -0.333 e. The van der Waals surface area contributed by atoms with Crippen LogP contribution in [-0.4, -0.2) is 46.2 Å². The molecule has 0 aromatic carbocycles. The maximum absolute atomic E-state index is 5.37. The summed E-state index contributed by atoms with van der Waals surface area (Å²) in [7, 11) is 0. The lowest BCUT2D eigenvalue weighted by Gasteiger charge is -2.30. The maximum Gasteiger partial charge on any atom is 0.269 e. The highest BCUT2D eigenvalue weighted by Gasteiger charge is 2.23. The van der Waals surface area contributed by atoms with Gasteiger partial charge in [0.2, 0.25) is 0 Å². The molecule has 102 valence electrons. The van der Waals surface area contributed by atoms with Crippen molar-refractivity contribution in [2.75, 3.05) is 26.2 Å². The summed E-state index contributed by atoms with van der Waals surface area (Å²) in [6.07, 6.45) is 0. The normalized spacial score (nSPS) is 18.6. The van der Waals surface area contributed by atoms with Gasteiger partial charge in [0.05, 0.1) is 17.2 Å². The van der Waals surface area contributed by atoms with Gasteiger partial charge in [0.25, 0.3) is 5.89 Å². The zero-order chi connectivity index (χ0) is 13.2. The summed E-state index contributed by atoms with van der Waals surface area (Å²) in [6, 6.07) is 0.188. The van der Waals surface area contributed by atoms with Crippen LogP contribution in [0.4, 0.5) is 0 Å². The van der Waals surface area contributed by atoms with Gasteiger partial charge in [0.15, 0.2) is 5.82 Å². The van der Waals surface area contributed by atoms with E-state index in [1.807, 2.05) is 6.92 Å². The molecule has 1 saturated heterocycles. The first-order valence-electron chi connectivity index (χ1n) is 6.44. The summed E-state index contributed by atoms with van der Waals surface area (Å²) in [6.45, 7) is 8.15. The largest absolute Gasteiger partial charge is 0.333 e. The molecular formula is C12H17N5OS. The number of nitrogens with one attached hydrogen (secondary N) is 1. The highest BCUT2D eigenvalue weighted by molar-refractivity contribution is 7.13. The molecule has 1 unspecified atom stereocenters. The molecule has 2 aromatic heterocycles. The standard InChI is InChI=1S/C12H17N5OS/c1-8-10(19-7-14-8)12-15-11(16-18-12)9(2)17-5-3-13-4-6-17/h7,9,13H,3-6H2,1-2H3. The second kappa shape index (κ2) is 5.36. The van der Waals surface area contributed by atoms with E-state index in [1.165, 1.54) is 11.3 Å². The first kappa shape index (κ1) is 12.7. The van der Waals surface area contributed by atoms with Gasteiger partial charge in [0.1, 0.15) is 4.88 Å². The highest BCUT2D eigenvalue weighted by Crippen LogP contribution is 2.27. The van der Waals surface area contributed by atoms with Crippen LogP contribution in [0.2, 0.25) is 0 Å². The third-order valence-electron chi connectivity index (χ3n) is 3.45. The number of thiazole rings is 1. The van der Waals surface area contributed by atoms with Crippen LogP contribution in [0.5, 0.6) is 0 Å². The Bertz CT molecular complexity index is 546. The molecule has 0 saturated carbocycles. The third kappa shape index (κ3) is 2.54. The topological polar surface area (TPSA) is 67.1 Å². The SMILES string of the molecule is Cc1ncsc1-c1nc(C(C)N2CCNCC2)no1. The van der Waals surface area contributed by atoms with Gasteiger partial charge in [-0.15, -0.1) is 11.3 Å². The minimum absolute atomic E-state index is 0.188. The van der Waals surface area contributed by atoms with E-state index >= 15 is 0 Å². The molecule has 3 rings (SSSR count). The number of nitrogens with zero attached hydrogens (tertiary/aromatic N) is 4. The van der Waals surface area contributed by atoms with Gasteiger partial charge in [-0.2, -0.15) is 4.98 Å². The lowest BCUT2D eigenvalue weighted by Crippen LogP contribution is -2.44. The Morgan fingerprint density at radius 2 is 2.21 bits per heavy atom. The fourth-order valence-electron chi connectivity index (χ4n) is 2.24. The molecule has 19 heavy (non-hydrogen) atoms. The van der Waals surface area contributed by atoms with Crippen LogP contribution >= 0.6 is 11.3 Å². The molecule has 3 heterocycles. The molecule has 1 fully saturated rings. The predicted molar refractivity (Wildman–Crippen MR) is 73.0 cm³/mol. The van der Waals surface area contributed by atoms with Gasteiger partial charge < -0.3 is 9.84 Å². The van der Waals surface area contributed by atoms with E-state index in [0.717, 1.165) is 42.6 Å². The molecule has 7 heteroatoms. The second-order valence-corrected chi connectivity index (χ2v) is 5.54. The first-order chi connectivity index (χ1) is 9.25. The zero-order valence-electron chi connectivity index (χ0n) is 11.1. The van der Waals surface area contributed by atoms with Crippen molar-refractivity contribution in [2.45, 2.75) is 19.9 Å². The number of hydrogen-bond donors (Lipinski definition) is 1. The van der Waals surface area contributed by atoms with Gasteiger partial charge in [-0.25, -0.2) is 4.98 Å². The van der Waals surface area contributed by atoms with Crippen LogP contribution in [0.1, 0.15) is 24.5 Å². The van der Waals surface area contributed by atoms with Crippen LogP contribution in [0.25, 0.3) is 10.8 Å². The van der Waals surface area contributed by atoms with Crippen LogP contribution < -0.4 is 5.32 Å². The van der Waals surface area contributed by atoms with Crippen molar-refractivity contribution in [2.24, 2.45) is 0 Å². The van der Waals surface area contributed by atoms with Crippen LogP contribution in [-0.2, 0) is 0 Å². The van der Waals surface area contributed by atoms with Crippen molar-refractivity contribution >= 4 is 11.3 Å². The lowest BCUT2D eigenvalue weighted by molar-refractivity contribution is 0.176. The fourth-order valence-corrected chi connectivity index (χ4v) is 2.96. The summed E-state index contributed by atoms with van der Waals surface area (Å²) < 4.78 is 5.37.